The summed E-state index contributed by atoms with van der Waals surface area (Å²) in [6.45, 7) is -0.430. The number of halogens is 1. The summed E-state index contributed by atoms with van der Waals surface area (Å²) < 4.78 is 45.8. The van der Waals surface area contributed by atoms with Gasteiger partial charge in [-0.15, -0.1) is 0 Å². The number of phenolic OH excluding ortho intramolecular Hbond substituents is 1. The highest BCUT2D eigenvalue weighted by Gasteiger charge is 2.38. The molecule has 1 aromatic carbocycles. The zero-order valence-electron chi connectivity index (χ0n) is 13.4. The lowest BCUT2D eigenvalue weighted by atomic mass is 10.1. The van der Waals surface area contributed by atoms with Crippen molar-refractivity contribution in [1.82, 2.24) is 14.9 Å². The monoisotopic (exact) mass is 380 g/mol. The van der Waals surface area contributed by atoms with Gasteiger partial charge in [-0.05, 0) is 24.1 Å². The third-order valence-corrected chi connectivity index (χ3v) is 4.84. The van der Waals surface area contributed by atoms with Crippen molar-refractivity contribution in [1.29, 1.82) is 0 Å². The number of rotatable bonds is 3. The van der Waals surface area contributed by atoms with E-state index in [0.29, 0.717) is 10.00 Å². The minimum atomic E-state index is -4.27. The van der Waals surface area contributed by atoms with E-state index in [2.05, 4.69) is 22.0 Å². The third-order valence-electron chi connectivity index (χ3n) is 3.47. The first-order valence-corrected chi connectivity index (χ1v) is 8.66. The molecule has 1 aliphatic rings. The van der Waals surface area contributed by atoms with E-state index >= 15 is 0 Å². The summed E-state index contributed by atoms with van der Waals surface area (Å²) in [6.07, 6.45) is 0. The fourth-order valence-electron chi connectivity index (χ4n) is 2.37. The number of ether oxygens (including phenoxy) is 1. The number of hydrogen-bond donors (Lipinski definition) is 3. The Labute approximate surface area is 148 Å². The number of anilines is 1. The molecule has 3 rings (SSSR count). The van der Waals surface area contributed by atoms with Crippen molar-refractivity contribution in [3.05, 3.63) is 29.7 Å². The van der Waals surface area contributed by atoms with Crippen molar-refractivity contribution in [2.75, 3.05) is 24.6 Å². The molecule has 1 amide bonds. The van der Waals surface area contributed by atoms with Crippen LogP contribution in [0.2, 0.25) is 0 Å². The number of H-pyrrole nitrogens is 1. The quantitative estimate of drug-likeness (QED) is 0.649. The number of aromatic nitrogens is 2. The number of phenols is 1. The molecule has 0 bridgehead atoms. The van der Waals surface area contributed by atoms with Crippen LogP contribution in [-0.4, -0.2) is 49.9 Å². The van der Waals surface area contributed by atoms with Crippen molar-refractivity contribution in [3.63, 3.8) is 0 Å². The second kappa shape index (κ2) is 6.66. The second-order valence-corrected chi connectivity index (χ2v) is 6.83. The fraction of sp³-hybridized carbons (Fsp3) is 0.200. The van der Waals surface area contributed by atoms with Gasteiger partial charge in [-0.3, -0.25) is 9.89 Å². The van der Waals surface area contributed by atoms with Crippen molar-refractivity contribution in [2.45, 2.75) is 0 Å². The minimum absolute atomic E-state index is 0.0420. The van der Waals surface area contributed by atoms with Gasteiger partial charge in [0, 0.05) is 12.7 Å². The maximum Gasteiger partial charge on any atom is 0.326 e. The number of hydrogen-bond acceptors (Lipinski definition) is 6. The first-order chi connectivity index (χ1) is 12.3. The van der Waals surface area contributed by atoms with E-state index in [4.69, 9.17) is 4.74 Å². The van der Waals surface area contributed by atoms with E-state index in [1.165, 1.54) is 19.2 Å². The maximum absolute atomic E-state index is 14.9. The zero-order chi connectivity index (χ0) is 18.9. The molecular formula is C15H13FN4O5S. The molecule has 26 heavy (non-hydrogen) atoms. The standard InChI is InChI=1S/C15H13FN4O5S/c1-25-6-2-3-9-7-11(18-17-9)10-4-5-12(21)15(14(10)16)20-8-13(22)19-26(20,23)24/h4-5,7,21H,6,8H2,1H3,(H,17,18)(H,19,22). The number of nitrogens with one attached hydrogen (secondary N) is 2. The predicted molar refractivity (Wildman–Crippen MR) is 88.8 cm³/mol. The molecule has 0 atom stereocenters. The maximum atomic E-state index is 14.9. The average molecular weight is 380 g/mol. The normalized spacial score (nSPS) is 15.5. The number of nitrogens with zero attached hydrogens (tertiary/aromatic N) is 2. The number of carbonyl (C=O) groups excluding carboxylic acids is 1. The van der Waals surface area contributed by atoms with E-state index in [1.807, 2.05) is 0 Å². The predicted octanol–water partition coefficient (Wildman–Crippen LogP) is 0.100. The Morgan fingerprint density at radius 3 is 2.88 bits per heavy atom. The summed E-state index contributed by atoms with van der Waals surface area (Å²) in [5.41, 5.74) is -0.111. The molecule has 0 radical (unpaired) electrons. The first kappa shape index (κ1) is 17.7. The van der Waals surface area contributed by atoms with Crippen LogP contribution >= 0.6 is 0 Å². The van der Waals surface area contributed by atoms with Gasteiger partial charge in [0.25, 0.3) is 5.91 Å². The highest BCUT2D eigenvalue weighted by Crippen LogP contribution is 2.38. The van der Waals surface area contributed by atoms with Gasteiger partial charge in [-0.25, -0.2) is 13.4 Å². The van der Waals surface area contributed by atoms with Gasteiger partial charge in [-0.2, -0.15) is 13.5 Å². The summed E-state index contributed by atoms with van der Waals surface area (Å²) in [6, 6.07) is 3.85. The molecule has 136 valence electrons. The molecule has 0 unspecified atom stereocenters. The minimum Gasteiger partial charge on any atom is -0.506 e. The van der Waals surface area contributed by atoms with Crippen molar-refractivity contribution < 1.29 is 27.4 Å². The second-order valence-electron chi connectivity index (χ2n) is 5.23. The molecule has 1 fully saturated rings. The molecule has 2 aromatic rings. The summed E-state index contributed by atoms with van der Waals surface area (Å²) in [4.78, 5) is 11.4. The van der Waals surface area contributed by atoms with Gasteiger partial charge in [0.05, 0.1) is 5.69 Å². The van der Waals surface area contributed by atoms with Gasteiger partial charge >= 0.3 is 10.2 Å². The van der Waals surface area contributed by atoms with Crippen LogP contribution in [0.25, 0.3) is 11.3 Å². The summed E-state index contributed by atoms with van der Waals surface area (Å²) in [5.74, 6) is 2.93. The molecule has 9 nitrogen and oxygen atoms in total. The molecule has 1 aliphatic heterocycles. The van der Waals surface area contributed by atoms with E-state index in [1.54, 1.807) is 4.72 Å². The van der Waals surface area contributed by atoms with Crippen molar-refractivity contribution in [3.8, 4) is 28.8 Å². The topological polar surface area (TPSA) is 125 Å². The number of aromatic amines is 1. The van der Waals surface area contributed by atoms with Gasteiger partial charge < -0.3 is 9.84 Å². The largest absolute Gasteiger partial charge is 0.506 e. The molecule has 1 aromatic heterocycles. The van der Waals surface area contributed by atoms with E-state index in [0.717, 1.165) is 6.07 Å². The SMILES string of the molecule is COCC#Cc1cc(-c2ccc(O)c(N3CC(=O)NS3(=O)=O)c2F)[nH]n1. The average Bonchev–Trinajstić information content (AvgIpc) is 3.12. The van der Waals surface area contributed by atoms with E-state index in [9.17, 15) is 22.7 Å². The Morgan fingerprint density at radius 2 is 2.23 bits per heavy atom. The van der Waals surface area contributed by atoms with E-state index in [-0.39, 0.29) is 17.9 Å². The highest BCUT2D eigenvalue weighted by molar-refractivity contribution is 7.92. The van der Waals surface area contributed by atoms with Crippen LogP contribution in [0, 0.1) is 17.7 Å². The summed E-state index contributed by atoms with van der Waals surface area (Å²) in [7, 11) is -2.78. The fourth-order valence-corrected chi connectivity index (χ4v) is 3.53. The smallest absolute Gasteiger partial charge is 0.326 e. The van der Waals surface area contributed by atoms with Gasteiger partial charge in [0.15, 0.2) is 5.82 Å². The zero-order valence-corrected chi connectivity index (χ0v) is 14.2. The first-order valence-electron chi connectivity index (χ1n) is 7.22. The van der Waals surface area contributed by atoms with Crippen molar-refractivity contribution >= 4 is 21.8 Å². The lowest BCUT2D eigenvalue weighted by Gasteiger charge is -2.18. The lowest BCUT2D eigenvalue weighted by molar-refractivity contribution is -0.117. The molecule has 0 aliphatic carbocycles. The lowest BCUT2D eigenvalue weighted by Crippen LogP contribution is -2.30. The van der Waals surface area contributed by atoms with E-state index < -0.39 is 39.9 Å². The number of methoxy groups -OCH3 is 1. The van der Waals surface area contributed by atoms with Crippen LogP contribution in [0.3, 0.4) is 0 Å². The van der Waals surface area contributed by atoms with Crippen LogP contribution < -0.4 is 9.03 Å². The third kappa shape index (κ3) is 3.19. The molecule has 1 saturated heterocycles. The summed E-state index contributed by atoms with van der Waals surface area (Å²) in [5, 5.41) is 16.4. The molecule has 0 spiro atoms. The van der Waals surface area contributed by atoms with Crippen LogP contribution in [0.15, 0.2) is 18.2 Å². The van der Waals surface area contributed by atoms with Gasteiger partial charge in [0.1, 0.15) is 30.3 Å². The Balaban J connectivity index is 2.04. The van der Waals surface area contributed by atoms with Crippen LogP contribution in [0.1, 0.15) is 5.69 Å². The molecule has 11 heteroatoms. The molecular weight excluding hydrogens is 367 g/mol. The molecule has 2 heterocycles. The van der Waals surface area contributed by atoms with Gasteiger partial charge in [0.2, 0.25) is 0 Å². The number of benzene rings is 1. The number of carbonyl (C=O) groups is 1. The van der Waals surface area contributed by atoms with Crippen LogP contribution in [0.4, 0.5) is 10.1 Å². The Kier molecular flexibility index (Phi) is 4.54. The number of aromatic hydroxyl groups is 1. The van der Waals surface area contributed by atoms with Crippen LogP contribution in [-0.2, 0) is 19.7 Å². The highest BCUT2D eigenvalue weighted by atomic mass is 32.2. The van der Waals surface area contributed by atoms with Crippen LogP contribution in [0.5, 0.6) is 5.75 Å². The summed E-state index contributed by atoms with van der Waals surface area (Å²) >= 11 is 0. The van der Waals surface area contributed by atoms with Crippen molar-refractivity contribution in [2.24, 2.45) is 0 Å². The molecule has 3 N–H and O–H groups in total. The number of amides is 1. The Hall–Kier alpha value is -3.10. The van der Waals surface area contributed by atoms with Gasteiger partial charge in [-0.1, -0.05) is 5.92 Å². The Morgan fingerprint density at radius 1 is 1.46 bits per heavy atom. The molecule has 0 saturated carbocycles. The Bertz CT molecular complexity index is 1040.